The van der Waals surface area contributed by atoms with Crippen molar-refractivity contribution in [2.24, 2.45) is 0 Å². The van der Waals surface area contributed by atoms with Crippen LogP contribution in [0.1, 0.15) is 103 Å². The Balaban J connectivity index is 0.000000320. The van der Waals surface area contributed by atoms with Gasteiger partial charge in [0.1, 0.15) is 19.3 Å². The minimum absolute atomic E-state index is 0.0209. The molecule has 2 fully saturated rings. The highest BCUT2D eigenvalue weighted by molar-refractivity contribution is 5.62. The minimum Gasteiger partial charge on any atom is -0.430 e. The van der Waals surface area contributed by atoms with Crippen LogP contribution in [0, 0.1) is 0 Å². The molecule has 0 saturated carbocycles. The summed E-state index contributed by atoms with van der Waals surface area (Å²) in [5.74, 6) is 0. The van der Waals surface area contributed by atoms with Crippen LogP contribution in [0.3, 0.4) is 0 Å². The molecule has 2 aliphatic rings. The summed E-state index contributed by atoms with van der Waals surface area (Å²) in [5, 5.41) is 0. The van der Waals surface area contributed by atoms with Crippen LogP contribution in [0.25, 0.3) is 0 Å². The molecule has 6 nitrogen and oxygen atoms in total. The molecule has 2 saturated heterocycles. The molecule has 2 rings (SSSR count). The fourth-order valence-corrected chi connectivity index (χ4v) is 3.60. The third-order valence-electron chi connectivity index (χ3n) is 5.52. The number of ether oxygens (including phenoxy) is 4. The molecule has 2 unspecified atom stereocenters. The van der Waals surface area contributed by atoms with Crippen LogP contribution < -0.4 is 0 Å². The van der Waals surface area contributed by atoms with E-state index in [0.717, 1.165) is 25.7 Å². The lowest BCUT2D eigenvalue weighted by atomic mass is 10.1. The molecule has 0 amide bonds. The maximum absolute atomic E-state index is 10.6. The van der Waals surface area contributed by atoms with Gasteiger partial charge in [0, 0.05) is 0 Å². The third kappa shape index (κ3) is 15.8. The minimum atomic E-state index is -0.556. The first-order valence-electron chi connectivity index (χ1n) is 12.6. The van der Waals surface area contributed by atoms with E-state index >= 15 is 0 Å². The van der Waals surface area contributed by atoms with Crippen LogP contribution in [0.5, 0.6) is 0 Å². The standard InChI is InChI=1S/C13H24O3.C13H20O3/c2*1-2-3-4-5-6-7-8-9-10-12-11-15-13(14)16-12/h12H,2-11H2,1H3;2,9-10,12H,1,3-8,11H2/b;10-9+. The molecule has 0 spiro atoms. The van der Waals surface area contributed by atoms with E-state index in [1.54, 1.807) is 0 Å². The van der Waals surface area contributed by atoms with Gasteiger partial charge in [0.25, 0.3) is 0 Å². The number of hydrogen-bond donors (Lipinski definition) is 0. The first kappa shape index (κ1) is 28.1. The fraction of sp³-hybridized carbons (Fsp3) is 0.769. The van der Waals surface area contributed by atoms with Crippen LogP contribution in [0.2, 0.25) is 0 Å². The number of hydrogen-bond acceptors (Lipinski definition) is 6. The van der Waals surface area contributed by atoms with Crippen molar-refractivity contribution in [1.82, 2.24) is 0 Å². The van der Waals surface area contributed by atoms with E-state index in [4.69, 9.17) is 14.2 Å². The molecule has 6 heteroatoms. The van der Waals surface area contributed by atoms with E-state index in [9.17, 15) is 9.59 Å². The summed E-state index contributed by atoms with van der Waals surface area (Å²) in [6.07, 6.45) is 23.3. The fourth-order valence-electron chi connectivity index (χ4n) is 3.60. The predicted octanol–water partition coefficient (Wildman–Crippen LogP) is 7.66. The molecule has 0 aliphatic carbocycles. The highest BCUT2D eigenvalue weighted by atomic mass is 16.8. The number of rotatable bonds is 17. The van der Waals surface area contributed by atoms with Crippen molar-refractivity contribution in [2.75, 3.05) is 13.2 Å². The van der Waals surface area contributed by atoms with Crippen LogP contribution in [-0.4, -0.2) is 37.7 Å². The Labute approximate surface area is 194 Å². The molecule has 0 radical (unpaired) electrons. The van der Waals surface area contributed by atoms with E-state index in [1.807, 2.05) is 12.2 Å². The Kier molecular flexibility index (Phi) is 17.3. The molecule has 0 bridgehead atoms. The van der Waals surface area contributed by atoms with Gasteiger partial charge >= 0.3 is 12.3 Å². The van der Waals surface area contributed by atoms with Crippen molar-refractivity contribution in [1.29, 1.82) is 0 Å². The molecule has 184 valence electrons. The van der Waals surface area contributed by atoms with Gasteiger partial charge in [-0.3, -0.25) is 0 Å². The SMILES string of the molecule is C=CCCCCCC/C=C/C1COC(=O)O1.CCCCCCCCCCC1COC(=O)O1. The molecular weight excluding hydrogens is 408 g/mol. The molecule has 2 heterocycles. The Morgan fingerprint density at radius 1 is 0.781 bits per heavy atom. The Morgan fingerprint density at radius 2 is 1.38 bits per heavy atom. The summed E-state index contributed by atoms with van der Waals surface area (Å²) in [6.45, 7) is 6.74. The van der Waals surface area contributed by atoms with Crippen molar-refractivity contribution in [3.63, 3.8) is 0 Å². The average molecular weight is 453 g/mol. The average Bonchev–Trinajstić information content (AvgIpc) is 3.40. The topological polar surface area (TPSA) is 71.1 Å². The van der Waals surface area contributed by atoms with Crippen molar-refractivity contribution in [3.05, 3.63) is 24.8 Å². The van der Waals surface area contributed by atoms with E-state index in [2.05, 4.69) is 24.3 Å². The Bertz CT molecular complexity index is 530. The largest absolute Gasteiger partial charge is 0.509 e. The summed E-state index contributed by atoms with van der Waals surface area (Å²) in [5.41, 5.74) is 0. The third-order valence-corrected chi connectivity index (χ3v) is 5.52. The van der Waals surface area contributed by atoms with Gasteiger partial charge in [-0.25, -0.2) is 9.59 Å². The van der Waals surface area contributed by atoms with Gasteiger partial charge in [0.15, 0.2) is 6.10 Å². The lowest BCUT2D eigenvalue weighted by Crippen LogP contribution is -2.09. The van der Waals surface area contributed by atoms with Crippen molar-refractivity contribution >= 4 is 12.3 Å². The quantitative estimate of drug-likeness (QED) is 0.128. The lowest BCUT2D eigenvalue weighted by Gasteiger charge is -2.05. The molecule has 0 aromatic carbocycles. The zero-order valence-corrected chi connectivity index (χ0v) is 20.1. The van der Waals surface area contributed by atoms with Crippen molar-refractivity contribution < 1.29 is 28.5 Å². The second kappa shape index (κ2) is 19.7. The zero-order valence-electron chi connectivity index (χ0n) is 20.1. The van der Waals surface area contributed by atoms with Crippen molar-refractivity contribution in [2.45, 2.75) is 115 Å². The van der Waals surface area contributed by atoms with Gasteiger partial charge in [-0.1, -0.05) is 76.9 Å². The molecule has 0 N–H and O–H groups in total. The smallest absolute Gasteiger partial charge is 0.430 e. The van der Waals surface area contributed by atoms with Gasteiger partial charge in [-0.05, 0) is 44.6 Å². The normalized spacial score (nSPS) is 19.7. The molecule has 2 aliphatic heterocycles. The molecular formula is C26H44O6. The Hall–Kier alpha value is -1.98. The van der Waals surface area contributed by atoms with Gasteiger partial charge < -0.3 is 18.9 Å². The van der Waals surface area contributed by atoms with Gasteiger partial charge in [0.2, 0.25) is 0 Å². The van der Waals surface area contributed by atoms with E-state index in [1.165, 1.54) is 70.6 Å². The number of unbranched alkanes of at least 4 members (excludes halogenated alkanes) is 12. The van der Waals surface area contributed by atoms with E-state index < -0.39 is 12.3 Å². The summed E-state index contributed by atoms with van der Waals surface area (Å²) in [7, 11) is 0. The van der Waals surface area contributed by atoms with Crippen LogP contribution in [0.4, 0.5) is 9.59 Å². The first-order valence-corrected chi connectivity index (χ1v) is 12.6. The molecule has 0 aromatic rings. The second-order valence-electron chi connectivity index (χ2n) is 8.49. The number of cyclic esters (lactones) is 4. The summed E-state index contributed by atoms with van der Waals surface area (Å²) >= 11 is 0. The van der Waals surface area contributed by atoms with Crippen LogP contribution >= 0.6 is 0 Å². The summed E-state index contributed by atoms with van der Waals surface area (Å²) in [4.78, 5) is 21.2. The monoisotopic (exact) mass is 452 g/mol. The second-order valence-corrected chi connectivity index (χ2v) is 8.49. The molecule has 32 heavy (non-hydrogen) atoms. The lowest BCUT2D eigenvalue weighted by molar-refractivity contribution is 0.115. The zero-order chi connectivity index (χ0) is 23.3. The maximum atomic E-state index is 10.6. The van der Waals surface area contributed by atoms with Gasteiger partial charge in [-0.15, -0.1) is 6.58 Å². The van der Waals surface area contributed by atoms with E-state index in [-0.39, 0.29) is 12.2 Å². The number of carbonyl (C=O) groups is 2. The predicted molar refractivity (Wildman–Crippen MR) is 127 cm³/mol. The van der Waals surface area contributed by atoms with Crippen molar-refractivity contribution in [3.8, 4) is 0 Å². The first-order chi connectivity index (χ1) is 15.7. The van der Waals surface area contributed by atoms with Crippen LogP contribution in [-0.2, 0) is 18.9 Å². The van der Waals surface area contributed by atoms with Gasteiger partial charge in [0.05, 0.1) is 0 Å². The highest BCUT2D eigenvalue weighted by Gasteiger charge is 2.24. The maximum Gasteiger partial charge on any atom is 0.509 e. The highest BCUT2D eigenvalue weighted by Crippen LogP contribution is 2.15. The summed E-state index contributed by atoms with van der Waals surface area (Å²) in [6, 6.07) is 0. The molecule has 0 aromatic heterocycles. The van der Waals surface area contributed by atoms with Crippen LogP contribution in [0.15, 0.2) is 24.8 Å². The number of allylic oxidation sites excluding steroid dienone is 2. The molecule has 2 atom stereocenters. The van der Waals surface area contributed by atoms with E-state index in [0.29, 0.717) is 13.2 Å². The Morgan fingerprint density at radius 3 is 1.97 bits per heavy atom. The summed E-state index contributed by atoms with van der Waals surface area (Å²) < 4.78 is 19.2. The number of carbonyl (C=O) groups excluding carboxylic acids is 2. The van der Waals surface area contributed by atoms with Gasteiger partial charge in [-0.2, -0.15) is 0 Å².